The van der Waals surface area contributed by atoms with Crippen LogP contribution in [0.1, 0.15) is 11.1 Å². The van der Waals surface area contributed by atoms with Gasteiger partial charge in [-0.3, -0.25) is 0 Å². The smallest absolute Gasteiger partial charge is 0.176 e. The first-order valence-electron chi connectivity index (χ1n) is 5.81. The molecule has 0 aliphatic carbocycles. The lowest BCUT2D eigenvalue weighted by Gasteiger charge is -2.10. The summed E-state index contributed by atoms with van der Waals surface area (Å²) in [7, 11) is 1.54. The Labute approximate surface area is 125 Å². The molecule has 0 unspecified atom stereocenters. The van der Waals surface area contributed by atoms with Crippen molar-refractivity contribution in [1.29, 1.82) is 10.5 Å². The maximum absolute atomic E-state index is 9.76. The fourth-order valence-electron chi connectivity index (χ4n) is 1.72. The van der Waals surface area contributed by atoms with Crippen LogP contribution in [0.2, 0.25) is 0 Å². The summed E-state index contributed by atoms with van der Waals surface area (Å²) in [5.41, 5.74) is -0.00552. The molecule has 0 aliphatic rings. The Bertz CT molecular complexity index is 776. The summed E-state index contributed by atoms with van der Waals surface area (Å²) in [6.07, 6.45) is 0. The van der Waals surface area contributed by atoms with Crippen LogP contribution in [0.15, 0.2) is 40.1 Å². The summed E-state index contributed by atoms with van der Waals surface area (Å²) in [5, 5.41) is 37.6. The van der Waals surface area contributed by atoms with Crippen LogP contribution in [0.3, 0.4) is 0 Å². The summed E-state index contributed by atoms with van der Waals surface area (Å²) >= 11 is 1.15. The molecule has 0 radical (unpaired) electrons. The largest absolute Gasteiger partial charge is 0.504 e. The van der Waals surface area contributed by atoms with Crippen LogP contribution in [0.25, 0.3) is 0 Å². The Hall–Kier alpha value is -2.83. The zero-order valence-electron chi connectivity index (χ0n) is 11.0. The van der Waals surface area contributed by atoms with Crippen molar-refractivity contribution in [3.05, 3.63) is 41.5 Å². The van der Waals surface area contributed by atoms with Gasteiger partial charge in [0.1, 0.15) is 23.5 Å². The van der Waals surface area contributed by atoms with Gasteiger partial charge in [-0.15, -0.1) is 0 Å². The van der Waals surface area contributed by atoms with Gasteiger partial charge in [0.2, 0.25) is 0 Å². The standard InChI is InChI=1S/C15H10N2O3S/c1-20-10-3-2-4-11(6-10)21-15-9(7-16)5-13(18)14(19)12(15)8-17/h2-6,18-19H,1H3. The van der Waals surface area contributed by atoms with Crippen LogP contribution < -0.4 is 4.74 Å². The van der Waals surface area contributed by atoms with Gasteiger partial charge in [-0.2, -0.15) is 10.5 Å². The fourth-order valence-corrected chi connectivity index (χ4v) is 2.73. The molecule has 0 heterocycles. The van der Waals surface area contributed by atoms with Crippen LogP contribution >= 0.6 is 11.8 Å². The maximum Gasteiger partial charge on any atom is 0.176 e. The van der Waals surface area contributed by atoms with Gasteiger partial charge in [-0.25, -0.2) is 0 Å². The zero-order chi connectivity index (χ0) is 15.4. The first-order chi connectivity index (χ1) is 10.1. The van der Waals surface area contributed by atoms with Crippen LogP contribution in [0, 0.1) is 22.7 Å². The normalized spacial score (nSPS) is 9.67. The second-order valence-corrected chi connectivity index (χ2v) is 5.08. The van der Waals surface area contributed by atoms with E-state index >= 15 is 0 Å². The van der Waals surface area contributed by atoms with Crippen molar-refractivity contribution in [3.8, 4) is 29.4 Å². The van der Waals surface area contributed by atoms with E-state index in [-0.39, 0.29) is 11.1 Å². The van der Waals surface area contributed by atoms with Gasteiger partial charge in [0.25, 0.3) is 0 Å². The molecule has 2 rings (SSSR count). The third-order valence-electron chi connectivity index (χ3n) is 2.73. The molecule has 6 heteroatoms. The van der Waals surface area contributed by atoms with Crippen molar-refractivity contribution in [2.24, 2.45) is 0 Å². The zero-order valence-corrected chi connectivity index (χ0v) is 11.8. The highest BCUT2D eigenvalue weighted by molar-refractivity contribution is 7.99. The van der Waals surface area contributed by atoms with Crippen LogP contribution in [-0.2, 0) is 0 Å². The van der Waals surface area contributed by atoms with Gasteiger partial charge in [-0.1, -0.05) is 17.8 Å². The maximum atomic E-state index is 9.76. The third-order valence-corrected chi connectivity index (χ3v) is 3.84. The van der Waals surface area contributed by atoms with Crippen molar-refractivity contribution >= 4 is 11.8 Å². The number of rotatable bonds is 3. The second-order valence-electron chi connectivity index (χ2n) is 4.00. The highest BCUT2D eigenvalue weighted by Gasteiger charge is 2.18. The molecule has 0 atom stereocenters. The fraction of sp³-hybridized carbons (Fsp3) is 0.0667. The van der Waals surface area contributed by atoms with Gasteiger partial charge in [0, 0.05) is 11.0 Å². The number of ether oxygens (including phenoxy) is 1. The summed E-state index contributed by atoms with van der Waals surface area (Å²) in [4.78, 5) is 1.04. The lowest BCUT2D eigenvalue weighted by Crippen LogP contribution is -1.90. The number of nitrogens with zero attached hydrogens (tertiary/aromatic N) is 2. The number of phenolic OH excluding ortho intramolecular Hbond substituents is 2. The van der Waals surface area contributed by atoms with Gasteiger partial charge in [-0.05, 0) is 18.2 Å². The number of phenols is 2. The van der Waals surface area contributed by atoms with Crippen LogP contribution in [0.4, 0.5) is 0 Å². The van der Waals surface area contributed by atoms with Gasteiger partial charge >= 0.3 is 0 Å². The summed E-state index contributed by atoms with van der Waals surface area (Å²) in [6.45, 7) is 0. The summed E-state index contributed by atoms with van der Waals surface area (Å²) in [5.74, 6) is -0.375. The lowest BCUT2D eigenvalue weighted by molar-refractivity contribution is 0.401. The van der Waals surface area contributed by atoms with Gasteiger partial charge < -0.3 is 14.9 Å². The molecule has 2 N–H and O–H groups in total. The van der Waals surface area contributed by atoms with E-state index < -0.39 is 11.5 Å². The van der Waals surface area contributed by atoms with Crippen molar-refractivity contribution in [3.63, 3.8) is 0 Å². The van der Waals surface area contributed by atoms with Crippen LogP contribution in [0.5, 0.6) is 17.2 Å². The third kappa shape index (κ3) is 2.86. The minimum atomic E-state index is -0.526. The average molecular weight is 298 g/mol. The first-order valence-corrected chi connectivity index (χ1v) is 6.63. The molecule has 0 amide bonds. The van der Waals surface area contributed by atoms with E-state index in [1.165, 1.54) is 7.11 Å². The summed E-state index contributed by atoms with van der Waals surface area (Å²) < 4.78 is 5.12. The number of benzene rings is 2. The minimum Gasteiger partial charge on any atom is -0.504 e. The van der Waals surface area contributed by atoms with Gasteiger partial charge in [0.05, 0.1) is 17.6 Å². The Kier molecular flexibility index (Phi) is 4.22. The molecule has 0 aliphatic heterocycles. The quantitative estimate of drug-likeness (QED) is 0.845. The highest BCUT2D eigenvalue weighted by atomic mass is 32.2. The van der Waals surface area contributed by atoms with Crippen LogP contribution in [-0.4, -0.2) is 17.3 Å². The molecule has 5 nitrogen and oxygen atoms in total. The predicted octanol–water partition coefficient (Wildman–Crippen LogP) is 3.00. The van der Waals surface area contributed by atoms with Crippen molar-refractivity contribution < 1.29 is 14.9 Å². The lowest BCUT2D eigenvalue weighted by atomic mass is 10.1. The summed E-state index contributed by atoms with van der Waals surface area (Å²) in [6, 6.07) is 12.0. The van der Waals surface area contributed by atoms with Crippen molar-refractivity contribution in [1.82, 2.24) is 0 Å². The molecular weight excluding hydrogens is 288 g/mol. The molecule has 0 aromatic heterocycles. The molecule has 0 saturated carbocycles. The SMILES string of the molecule is COc1cccc(Sc2c(C#N)cc(O)c(O)c2C#N)c1. The highest BCUT2D eigenvalue weighted by Crippen LogP contribution is 2.41. The van der Waals surface area contributed by atoms with E-state index in [0.717, 1.165) is 22.7 Å². The van der Waals surface area contributed by atoms with E-state index in [1.807, 2.05) is 12.1 Å². The van der Waals surface area contributed by atoms with Crippen molar-refractivity contribution in [2.45, 2.75) is 9.79 Å². The van der Waals surface area contributed by atoms with E-state index in [2.05, 4.69) is 0 Å². The number of hydrogen-bond donors (Lipinski definition) is 2. The minimum absolute atomic E-state index is 0.120. The molecule has 0 bridgehead atoms. The molecular formula is C15H10N2O3S. The van der Waals surface area contributed by atoms with Gasteiger partial charge in [0.15, 0.2) is 11.5 Å². The average Bonchev–Trinajstić information content (AvgIpc) is 2.51. The number of hydrogen-bond acceptors (Lipinski definition) is 6. The predicted molar refractivity (Wildman–Crippen MR) is 76.3 cm³/mol. The number of aromatic hydroxyl groups is 2. The number of nitriles is 2. The Morgan fingerprint density at radius 2 is 1.90 bits per heavy atom. The molecule has 0 spiro atoms. The Balaban J connectivity index is 2.56. The van der Waals surface area contributed by atoms with E-state index in [4.69, 9.17) is 15.3 Å². The molecule has 2 aromatic carbocycles. The van der Waals surface area contributed by atoms with E-state index in [0.29, 0.717) is 10.6 Å². The molecule has 0 saturated heterocycles. The molecule has 0 fully saturated rings. The van der Waals surface area contributed by atoms with E-state index in [1.54, 1.807) is 24.3 Å². The molecule has 21 heavy (non-hydrogen) atoms. The first kappa shape index (κ1) is 14.6. The second kappa shape index (κ2) is 6.08. The Morgan fingerprint density at radius 3 is 2.52 bits per heavy atom. The monoisotopic (exact) mass is 298 g/mol. The number of methoxy groups -OCH3 is 1. The van der Waals surface area contributed by atoms with E-state index in [9.17, 15) is 10.2 Å². The van der Waals surface area contributed by atoms with Crippen molar-refractivity contribution in [2.75, 3.05) is 7.11 Å². The molecule has 104 valence electrons. The topological polar surface area (TPSA) is 97.3 Å². The molecule has 2 aromatic rings. The Morgan fingerprint density at radius 1 is 1.14 bits per heavy atom.